The fourth-order valence-electron chi connectivity index (χ4n) is 3.55. The molecule has 3 N–H and O–H groups in total. The summed E-state index contributed by atoms with van der Waals surface area (Å²) in [5.41, 5.74) is -0.649. The molecule has 0 bridgehead atoms. The van der Waals surface area contributed by atoms with Gasteiger partial charge in [0.1, 0.15) is 0 Å². The van der Waals surface area contributed by atoms with Crippen LogP contribution in [0.4, 0.5) is 0 Å². The number of amides is 1. The summed E-state index contributed by atoms with van der Waals surface area (Å²) in [6.45, 7) is 4.76. The number of aliphatic hydroxyl groups is 1. The molecule has 2 rings (SSSR count). The van der Waals surface area contributed by atoms with Gasteiger partial charge in [0.2, 0.25) is 5.91 Å². The summed E-state index contributed by atoms with van der Waals surface area (Å²) in [5, 5.41) is 16.7. The first-order valence-electron chi connectivity index (χ1n) is 8.29. The summed E-state index contributed by atoms with van der Waals surface area (Å²) in [5.74, 6) is 1.14. The summed E-state index contributed by atoms with van der Waals surface area (Å²) in [6.07, 6.45) is 8.06. The van der Waals surface area contributed by atoms with Crippen LogP contribution >= 0.6 is 0 Å². The van der Waals surface area contributed by atoms with Gasteiger partial charge in [0.05, 0.1) is 5.60 Å². The number of nitrogens with one attached hydrogen (secondary N) is 2. The second-order valence-electron chi connectivity index (χ2n) is 6.85. The van der Waals surface area contributed by atoms with Gasteiger partial charge in [0.25, 0.3) is 0 Å². The minimum Gasteiger partial charge on any atom is -0.388 e. The number of hydrogen-bond acceptors (Lipinski definition) is 3. The highest BCUT2D eigenvalue weighted by molar-refractivity contribution is 5.76. The Kier molecular flexibility index (Phi) is 5.85. The Morgan fingerprint density at radius 2 is 2.10 bits per heavy atom. The smallest absolute Gasteiger partial charge is 0.220 e. The molecule has 0 aromatic carbocycles. The molecule has 0 radical (unpaired) electrons. The normalized spacial score (nSPS) is 27.8. The van der Waals surface area contributed by atoms with Gasteiger partial charge < -0.3 is 15.7 Å². The largest absolute Gasteiger partial charge is 0.388 e. The first-order valence-corrected chi connectivity index (χ1v) is 8.29. The zero-order valence-electron chi connectivity index (χ0n) is 12.8. The lowest BCUT2D eigenvalue weighted by molar-refractivity contribution is -0.124. The van der Waals surface area contributed by atoms with Crippen molar-refractivity contribution in [2.45, 2.75) is 63.9 Å². The molecule has 1 saturated heterocycles. The van der Waals surface area contributed by atoms with Crippen molar-refractivity contribution in [1.29, 1.82) is 0 Å². The lowest BCUT2D eigenvalue weighted by Crippen LogP contribution is -2.45. The first-order chi connectivity index (χ1) is 9.59. The molecule has 4 heteroatoms. The van der Waals surface area contributed by atoms with Gasteiger partial charge in [-0.05, 0) is 50.6 Å². The Morgan fingerprint density at radius 1 is 1.35 bits per heavy atom. The van der Waals surface area contributed by atoms with Crippen LogP contribution in [0.2, 0.25) is 0 Å². The van der Waals surface area contributed by atoms with Gasteiger partial charge in [-0.25, -0.2) is 0 Å². The van der Waals surface area contributed by atoms with E-state index in [2.05, 4.69) is 17.6 Å². The maximum Gasteiger partial charge on any atom is 0.220 e. The number of rotatable bonds is 5. The maximum absolute atomic E-state index is 12.0. The van der Waals surface area contributed by atoms with E-state index in [1.54, 1.807) is 0 Å². The summed E-state index contributed by atoms with van der Waals surface area (Å²) in [4.78, 5) is 12.0. The third-order valence-corrected chi connectivity index (χ3v) is 5.05. The zero-order valence-corrected chi connectivity index (χ0v) is 12.8. The molecule has 0 aromatic rings. The number of carbonyl (C=O) groups excluding carboxylic acids is 1. The second kappa shape index (κ2) is 7.41. The maximum atomic E-state index is 12.0. The van der Waals surface area contributed by atoms with E-state index in [1.807, 2.05) is 0 Å². The van der Waals surface area contributed by atoms with Gasteiger partial charge in [-0.2, -0.15) is 0 Å². The van der Waals surface area contributed by atoms with Gasteiger partial charge >= 0.3 is 0 Å². The minimum absolute atomic E-state index is 0.0991. The Morgan fingerprint density at radius 3 is 2.75 bits per heavy atom. The van der Waals surface area contributed by atoms with Crippen molar-refractivity contribution in [3.05, 3.63) is 0 Å². The van der Waals surface area contributed by atoms with E-state index in [-0.39, 0.29) is 5.91 Å². The molecule has 2 unspecified atom stereocenters. The fourth-order valence-corrected chi connectivity index (χ4v) is 3.55. The Labute approximate surface area is 122 Å². The predicted octanol–water partition coefficient (Wildman–Crippen LogP) is 1.82. The number of hydrogen-bond donors (Lipinski definition) is 3. The number of carbonyl (C=O) groups is 1. The third kappa shape index (κ3) is 4.74. The van der Waals surface area contributed by atoms with Crippen LogP contribution in [-0.4, -0.2) is 36.2 Å². The molecule has 0 aromatic heterocycles. The Balaban J connectivity index is 1.69. The van der Waals surface area contributed by atoms with Crippen LogP contribution < -0.4 is 10.6 Å². The van der Waals surface area contributed by atoms with Crippen molar-refractivity contribution in [3.8, 4) is 0 Å². The highest BCUT2D eigenvalue weighted by atomic mass is 16.3. The lowest BCUT2D eigenvalue weighted by Gasteiger charge is -2.32. The molecular formula is C16H30N2O2. The molecule has 116 valence electrons. The molecule has 1 saturated carbocycles. The SMILES string of the molecule is CC(CC(=O)NCC1(O)CCCCC1)C1CCCNC1. The van der Waals surface area contributed by atoms with E-state index >= 15 is 0 Å². The van der Waals surface area contributed by atoms with Crippen LogP contribution in [-0.2, 0) is 4.79 Å². The van der Waals surface area contributed by atoms with Crippen molar-refractivity contribution in [2.75, 3.05) is 19.6 Å². The van der Waals surface area contributed by atoms with Gasteiger partial charge in [-0.1, -0.05) is 26.2 Å². The fraction of sp³-hybridized carbons (Fsp3) is 0.938. The predicted molar refractivity (Wildman–Crippen MR) is 80.4 cm³/mol. The van der Waals surface area contributed by atoms with Crippen LogP contribution in [0.25, 0.3) is 0 Å². The summed E-state index contributed by atoms with van der Waals surface area (Å²) in [7, 11) is 0. The Bertz CT molecular complexity index is 308. The molecule has 1 aliphatic carbocycles. The average Bonchev–Trinajstić information content (AvgIpc) is 2.47. The van der Waals surface area contributed by atoms with Gasteiger partial charge in [0, 0.05) is 13.0 Å². The van der Waals surface area contributed by atoms with Crippen LogP contribution in [0.15, 0.2) is 0 Å². The zero-order chi connectivity index (χ0) is 14.4. The molecule has 20 heavy (non-hydrogen) atoms. The van der Waals surface area contributed by atoms with E-state index in [1.165, 1.54) is 19.3 Å². The van der Waals surface area contributed by atoms with Crippen molar-refractivity contribution in [3.63, 3.8) is 0 Å². The van der Waals surface area contributed by atoms with Gasteiger partial charge in [0.15, 0.2) is 0 Å². The average molecular weight is 282 g/mol. The van der Waals surface area contributed by atoms with Crippen molar-refractivity contribution in [2.24, 2.45) is 11.8 Å². The minimum atomic E-state index is -0.649. The molecule has 1 amide bonds. The molecule has 1 aliphatic heterocycles. The summed E-state index contributed by atoms with van der Waals surface area (Å²) in [6, 6.07) is 0. The van der Waals surface area contributed by atoms with Gasteiger partial charge in [-0.3, -0.25) is 4.79 Å². The van der Waals surface area contributed by atoms with E-state index in [0.717, 1.165) is 38.8 Å². The summed E-state index contributed by atoms with van der Waals surface area (Å²) >= 11 is 0. The van der Waals surface area contributed by atoms with Crippen LogP contribution in [0.5, 0.6) is 0 Å². The van der Waals surface area contributed by atoms with Crippen LogP contribution in [0.3, 0.4) is 0 Å². The highest BCUT2D eigenvalue weighted by Gasteiger charge is 2.30. The van der Waals surface area contributed by atoms with Gasteiger partial charge in [-0.15, -0.1) is 0 Å². The molecule has 2 atom stereocenters. The molecule has 1 heterocycles. The van der Waals surface area contributed by atoms with Crippen LogP contribution in [0.1, 0.15) is 58.3 Å². The molecule has 4 nitrogen and oxygen atoms in total. The van der Waals surface area contributed by atoms with E-state index in [9.17, 15) is 9.90 Å². The molecule has 2 aliphatic rings. The summed E-state index contributed by atoms with van der Waals surface area (Å²) < 4.78 is 0. The van der Waals surface area contributed by atoms with E-state index in [0.29, 0.717) is 24.8 Å². The molecule has 2 fully saturated rings. The lowest BCUT2D eigenvalue weighted by atomic mass is 9.84. The third-order valence-electron chi connectivity index (χ3n) is 5.05. The van der Waals surface area contributed by atoms with E-state index < -0.39 is 5.60 Å². The van der Waals surface area contributed by atoms with E-state index in [4.69, 9.17) is 0 Å². The van der Waals surface area contributed by atoms with Crippen LogP contribution in [0, 0.1) is 11.8 Å². The molecule has 0 spiro atoms. The standard InChI is InChI=1S/C16H30N2O2/c1-13(14-6-5-9-17-11-14)10-15(19)18-12-16(20)7-3-2-4-8-16/h13-14,17,20H,2-12H2,1H3,(H,18,19). The second-order valence-corrected chi connectivity index (χ2v) is 6.85. The first kappa shape index (κ1) is 15.8. The van der Waals surface area contributed by atoms with Crippen molar-refractivity contribution < 1.29 is 9.90 Å². The Hall–Kier alpha value is -0.610. The molecular weight excluding hydrogens is 252 g/mol. The monoisotopic (exact) mass is 282 g/mol. The number of piperidine rings is 1. The van der Waals surface area contributed by atoms with Crippen molar-refractivity contribution in [1.82, 2.24) is 10.6 Å². The quantitative estimate of drug-likeness (QED) is 0.721. The highest BCUT2D eigenvalue weighted by Crippen LogP contribution is 2.27. The van der Waals surface area contributed by atoms with Crippen molar-refractivity contribution >= 4 is 5.91 Å². The topological polar surface area (TPSA) is 61.4 Å².